The van der Waals surface area contributed by atoms with Gasteiger partial charge in [-0.25, -0.2) is 13.8 Å². The molecule has 2 aromatic rings. The molecule has 0 fully saturated rings. The summed E-state index contributed by atoms with van der Waals surface area (Å²) in [6.07, 6.45) is 0. The first kappa shape index (κ1) is 16.9. The van der Waals surface area contributed by atoms with Crippen molar-refractivity contribution in [1.29, 1.82) is 0 Å². The lowest BCUT2D eigenvalue weighted by Crippen LogP contribution is -2.39. The molecule has 0 aliphatic heterocycles. The van der Waals surface area contributed by atoms with Gasteiger partial charge in [-0.05, 0) is 19.9 Å². The third-order valence-corrected chi connectivity index (χ3v) is 3.07. The Balaban J connectivity index is 2.08. The minimum Gasteiger partial charge on any atom is -0.357 e. The molecule has 124 valence electrons. The summed E-state index contributed by atoms with van der Waals surface area (Å²) in [4.78, 5) is 8.38. The van der Waals surface area contributed by atoms with Gasteiger partial charge in [0.25, 0.3) is 0 Å². The Morgan fingerprint density at radius 3 is 2.78 bits per heavy atom. The number of guanidine groups is 1. The highest BCUT2D eigenvalue weighted by Gasteiger charge is 2.13. The van der Waals surface area contributed by atoms with E-state index in [1.807, 2.05) is 6.92 Å². The zero-order chi connectivity index (χ0) is 16.8. The van der Waals surface area contributed by atoms with Gasteiger partial charge < -0.3 is 15.2 Å². The Bertz CT molecular complexity index is 686. The summed E-state index contributed by atoms with van der Waals surface area (Å²) >= 11 is 0. The molecular weight excluding hydrogens is 304 g/mol. The maximum absolute atomic E-state index is 13.8. The van der Waals surface area contributed by atoms with Gasteiger partial charge in [-0.2, -0.15) is 4.98 Å². The lowest BCUT2D eigenvalue weighted by molar-refractivity contribution is 0.387. The summed E-state index contributed by atoms with van der Waals surface area (Å²) < 4.78 is 31.7. The van der Waals surface area contributed by atoms with Gasteiger partial charge in [-0.3, -0.25) is 0 Å². The van der Waals surface area contributed by atoms with Crippen LogP contribution < -0.4 is 10.6 Å². The van der Waals surface area contributed by atoms with Crippen LogP contribution in [-0.2, 0) is 6.54 Å². The molecule has 2 rings (SSSR count). The molecule has 0 radical (unpaired) electrons. The molecule has 1 atom stereocenters. The Morgan fingerprint density at radius 1 is 1.39 bits per heavy atom. The lowest BCUT2D eigenvalue weighted by Gasteiger charge is -2.18. The normalized spacial score (nSPS) is 13.0. The molecule has 1 unspecified atom stereocenters. The molecule has 0 saturated carbocycles. The van der Waals surface area contributed by atoms with Crippen molar-refractivity contribution in [3.05, 3.63) is 47.1 Å². The van der Waals surface area contributed by atoms with Gasteiger partial charge in [0.15, 0.2) is 11.8 Å². The van der Waals surface area contributed by atoms with Gasteiger partial charge >= 0.3 is 0 Å². The fraction of sp³-hybridized carbons (Fsp3) is 0.400. The fourth-order valence-electron chi connectivity index (χ4n) is 2.01. The molecule has 0 aliphatic rings. The van der Waals surface area contributed by atoms with Crippen molar-refractivity contribution in [2.45, 2.75) is 33.4 Å². The van der Waals surface area contributed by atoms with Crippen LogP contribution in [0.15, 0.2) is 27.7 Å². The molecule has 0 bridgehead atoms. The third kappa shape index (κ3) is 4.73. The van der Waals surface area contributed by atoms with Gasteiger partial charge in [0.05, 0.1) is 6.04 Å². The summed E-state index contributed by atoms with van der Waals surface area (Å²) in [5.74, 6) is 0.197. The van der Waals surface area contributed by atoms with Crippen LogP contribution in [0.2, 0.25) is 0 Å². The number of aliphatic imine (C=N–C) groups is 1. The minimum absolute atomic E-state index is 0.227. The summed E-state index contributed by atoms with van der Waals surface area (Å²) in [7, 11) is 0. The summed E-state index contributed by atoms with van der Waals surface area (Å²) in [5, 5.41) is 9.87. The van der Waals surface area contributed by atoms with E-state index in [-0.39, 0.29) is 12.6 Å². The highest BCUT2D eigenvalue weighted by molar-refractivity contribution is 5.80. The number of nitrogens with one attached hydrogen (secondary N) is 2. The molecule has 8 heteroatoms. The van der Waals surface area contributed by atoms with Crippen molar-refractivity contribution in [2.75, 3.05) is 6.54 Å². The van der Waals surface area contributed by atoms with E-state index in [1.165, 1.54) is 12.1 Å². The van der Waals surface area contributed by atoms with Gasteiger partial charge in [-0.1, -0.05) is 11.2 Å². The van der Waals surface area contributed by atoms with Crippen LogP contribution in [-0.4, -0.2) is 22.6 Å². The van der Waals surface area contributed by atoms with E-state index in [0.717, 1.165) is 6.07 Å². The number of aryl methyl sites for hydroxylation is 1. The quantitative estimate of drug-likeness (QED) is 0.653. The highest BCUT2D eigenvalue weighted by atomic mass is 19.1. The van der Waals surface area contributed by atoms with Crippen molar-refractivity contribution in [1.82, 2.24) is 20.8 Å². The van der Waals surface area contributed by atoms with Crippen molar-refractivity contribution in [3.8, 4) is 0 Å². The number of hydrogen-bond donors (Lipinski definition) is 2. The predicted molar refractivity (Wildman–Crippen MR) is 81.8 cm³/mol. The molecule has 0 saturated heterocycles. The Kier molecular flexibility index (Phi) is 5.61. The third-order valence-electron chi connectivity index (χ3n) is 3.07. The number of hydrogen-bond acceptors (Lipinski definition) is 4. The molecule has 2 N–H and O–H groups in total. The van der Waals surface area contributed by atoms with Gasteiger partial charge in [0, 0.05) is 25.1 Å². The second kappa shape index (κ2) is 7.66. The topological polar surface area (TPSA) is 75.3 Å². The van der Waals surface area contributed by atoms with Gasteiger partial charge in [-0.15, -0.1) is 0 Å². The van der Waals surface area contributed by atoms with Crippen molar-refractivity contribution >= 4 is 5.96 Å². The van der Waals surface area contributed by atoms with E-state index in [0.29, 0.717) is 29.8 Å². The number of nitrogens with zero attached hydrogens (tertiary/aromatic N) is 3. The summed E-state index contributed by atoms with van der Waals surface area (Å²) in [5.41, 5.74) is 0.354. The zero-order valence-electron chi connectivity index (χ0n) is 13.2. The van der Waals surface area contributed by atoms with E-state index in [9.17, 15) is 8.78 Å². The van der Waals surface area contributed by atoms with Crippen LogP contribution in [0.3, 0.4) is 0 Å². The Labute approximate surface area is 133 Å². The maximum atomic E-state index is 13.8. The van der Waals surface area contributed by atoms with Crippen LogP contribution in [0.25, 0.3) is 0 Å². The second-order valence-electron chi connectivity index (χ2n) is 4.96. The molecule has 0 spiro atoms. The number of aromatic nitrogens is 2. The van der Waals surface area contributed by atoms with Crippen LogP contribution in [0.1, 0.15) is 37.2 Å². The van der Waals surface area contributed by atoms with Crippen molar-refractivity contribution in [2.24, 2.45) is 4.99 Å². The molecule has 1 aromatic carbocycles. The number of halogens is 2. The molecule has 1 heterocycles. The van der Waals surface area contributed by atoms with Crippen molar-refractivity contribution < 1.29 is 13.3 Å². The SMILES string of the molecule is CCNC(=NCc1noc(C)n1)NC(C)c1ccc(F)cc1F. The van der Waals surface area contributed by atoms with Crippen LogP contribution in [0, 0.1) is 18.6 Å². The summed E-state index contributed by atoms with van der Waals surface area (Å²) in [6.45, 7) is 6.24. The molecule has 0 aliphatic carbocycles. The monoisotopic (exact) mass is 323 g/mol. The van der Waals surface area contributed by atoms with Crippen molar-refractivity contribution in [3.63, 3.8) is 0 Å². The molecular formula is C15H19F2N5O. The van der Waals surface area contributed by atoms with E-state index >= 15 is 0 Å². The van der Waals surface area contributed by atoms with Crippen LogP contribution in [0.5, 0.6) is 0 Å². The summed E-state index contributed by atoms with van der Waals surface area (Å²) in [6, 6.07) is 3.11. The Hall–Kier alpha value is -2.51. The smallest absolute Gasteiger partial charge is 0.223 e. The first-order valence-electron chi connectivity index (χ1n) is 7.28. The second-order valence-corrected chi connectivity index (χ2v) is 4.96. The zero-order valence-corrected chi connectivity index (χ0v) is 13.2. The van der Waals surface area contributed by atoms with E-state index in [1.54, 1.807) is 13.8 Å². The highest BCUT2D eigenvalue weighted by Crippen LogP contribution is 2.17. The van der Waals surface area contributed by atoms with E-state index < -0.39 is 11.6 Å². The fourth-order valence-corrected chi connectivity index (χ4v) is 2.01. The van der Waals surface area contributed by atoms with E-state index in [4.69, 9.17) is 4.52 Å². The lowest BCUT2D eigenvalue weighted by atomic mass is 10.1. The predicted octanol–water partition coefficient (Wildman–Crippen LogP) is 2.47. The maximum Gasteiger partial charge on any atom is 0.223 e. The number of benzene rings is 1. The molecule has 1 aromatic heterocycles. The number of rotatable bonds is 5. The minimum atomic E-state index is -0.605. The standard InChI is InChI=1S/C15H19F2N5O/c1-4-18-15(19-8-14-21-10(3)23-22-14)20-9(2)12-6-5-11(16)7-13(12)17/h5-7,9H,4,8H2,1-3H3,(H2,18,19,20). The first-order valence-corrected chi connectivity index (χ1v) is 7.28. The van der Waals surface area contributed by atoms with E-state index in [2.05, 4.69) is 25.8 Å². The first-order chi connectivity index (χ1) is 11.0. The molecule has 0 amide bonds. The largest absolute Gasteiger partial charge is 0.357 e. The van der Waals surface area contributed by atoms with Crippen LogP contribution in [0.4, 0.5) is 8.78 Å². The molecule has 23 heavy (non-hydrogen) atoms. The average Bonchev–Trinajstić information content (AvgIpc) is 2.90. The average molecular weight is 323 g/mol. The van der Waals surface area contributed by atoms with Crippen LogP contribution >= 0.6 is 0 Å². The molecule has 6 nitrogen and oxygen atoms in total. The van der Waals surface area contributed by atoms with Gasteiger partial charge in [0.1, 0.15) is 18.2 Å². The van der Waals surface area contributed by atoms with Gasteiger partial charge in [0.2, 0.25) is 5.89 Å². The Morgan fingerprint density at radius 2 is 2.17 bits per heavy atom.